The van der Waals surface area contributed by atoms with Crippen LogP contribution in [0.3, 0.4) is 0 Å². The van der Waals surface area contributed by atoms with Crippen LogP contribution in [0.5, 0.6) is 0 Å². The fourth-order valence-corrected chi connectivity index (χ4v) is 4.34. The van der Waals surface area contributed by atoms with Crippen LogP contribution in [0.15, 0.2) is 10.3 Å². The summed E-state index contributed by atoms with van der Waals surface area (Å²) in [4.78, 5) is 22.0. The number of hydrogen-bond acceptors (Lipinski definition) is 5. The van der Waals surface area contributed by atoms with E-state index in [1.54, 1.807) is 13.8 Å². The predicted molar refractivity (Wildman–Crippen MR) is 79.1 cm³/mol. The largest absolute Gasteiger partial charge is 0.477 e. The van der Waals surface area contributed by atoms with Gasteiger partial charge in [-0.2, -0.15) is 0 Å². The molecule has 0 unspecified atom stereocenters. The van der Waals surface area contributed by atoms with Gasteiger partial charge in [-0.15, -0.1) is 11.3 Å². The first kappa shape index (κ1) is 17.6. The van der Waals surface area contributed by atoms with Crippen LogP contribution in [0, 0.1) is 6.92 Å². The lowest BCUT2D eigenvalue weighted by Gasteiger charge is -2.10. The van der Waals surface area contributed by atoms with Crippen LogP contribution in [0.4, 0.5) is 0 Å². The summed E-state index contributed by atoms with van der Waals surface area (Å²) in [5.74, 6) is -1.56. The highest BCUT2D eigenvalue weighted by Gasteiger charge is 2.26. The maximum atomic E-state index is 12.1. The molecule has 21 heavy (non-hydrogen) atoms. The van der Waals surface area contributed by atoms with Crippen molar-refractivity contribution in [1.29, 1.82) is 0 Å². The molecule has 0 saturated carbocycles. The second kappa shape index (κ2) is 7.01. The van der Waals surface area contributed by atoms with Crippen LogP contribution in [-0.4, -0.2) is 38.0 Å². The molecule has 0 fully saturated rings. The summed E-state index contributed by atoms with van der Waals surface area (Å²) in [6.07, 6.45) is -0.0109. The number of amides is 1. The van der Waals surface area contributed by atoms with E-state index in [1.807, 2.05) is 0 Å². The number of carboxylic acids is 1. The third-order valence-corrected chi connectivity index (χ3v) is 5.34. The molecule has 9 heteroatoms. The smallest absolute Gasteiger partial charge is 0.347 e. The summed E-state index contributed by atoms with van der Waals surface area (Å²) in [6, 6.07) is -0.0214. The summed E-state index contributed by atoms with van der Waals surface area (Å²) >= 11 is 0.861. The molecule has 0 aromatic carbocycles. The molecule has 1 heterocycles. The molecule has 0 aliphatic heterocycles. The highest BCUT2D eigenvalue weighted by molar-refractivity contribution is 7.89. The second-order valence-electron chi connectivity index (χ2n) is 4.75. The first-order valence-electron chi connectivity index (χ1n) is 6.25. The van der Waals surface area contributed by atoms with Gasteiger partial charge in [-0.1, -0.05) is 0 Å². The quantitative estimate of drug-likeness (QED) is 0.687. The van der Waals surface area contributed by atoms with E-state index in [0.29, 0.717) is 5.56 Å². The average Bonchev–Trinajstić information content (AvgIpc) is 2.70. The third-order valence-electron chi connectivity index (χ3n) is 2.47. The fraction of sp³-hybridized carbons (Fsp3) is 0.500. The normalized spacial score (nSPS) is 11.6. The van der Waals surface area contributed by atoms with Gasteiger partial charge in [0.1, 0.15) is 9.77 Å². The second-order valence-corrected chi connectivity index (χ2v) is 7.34. The van der Waals surface area contributed by atoms with Crippen molar-refractivity contribution in [3.8, 4) is 0 Å². The van der Waals surface area contributed by atoms with E-state index >= 15 is 0 Å². The monoisotopic (exact) mass is 334 g/mol. The lowest BCUT2D eigenvalue weighted by Crippen LogP contribution is -2.34. The van der Waals surface area contributed by atoms with E-state index in [2.05, 4.69) is 10.0 Å². The first-order valence-corrected chi connectivity index (χ1v) is 8.62. The zero-order valence-electron chi connectivity index (χ0n) is 12.0. The van der Waals surface area contributed by atoms with Crippen molar-refractivity contribution in [2.45, 2.75) is 38.1 Å². The lowest BCUT2D eigenvalue weighted by atomic mass is 10.3. The number of sulfonamides is 1. The Morgan fingerprint density at radius 1 is 1.38 bits per heavy atom. The minimum absolute atomic E-state index is 0.0109. The van der Waals surface area contributed by atoms with Gasteiger partial charge in [0.05, 0.1) is 0 Å². The van der Waals surface area contributed by atoms with E-state index in [4.69, 9.17) is 5.11 Å². The molecule has 7 nitrogen and oxygen atoms in total. The number of aromatic carboxylic acids is 1. The molecule has 0 aliphatic rings. The van der Waals surface area contributed by atoms with Crippen LogP contribution < -0.4 is 10.0 Å². The SMILES string of the molecule is Cc1csc(C(=O)O)c1S(=O)(=O)NCCC(=O)NC(C)C. The Morgan fingerprint density at radius 2 is 2.00 bits per heavy atom. The van der Waals surface area contributed by atoms with Crippen molar-refractivity contribution < 1.29 is 23.1 Å². The van der Waals surface area contributed by atoms with Crippen LogP contribution in [0.2, 0.25) is 0 Å². The van der Waals surface area contributed by atoms with Crippen LogP contribution in [0.1, 0.15) is 35.5 Å². The Balaban J connectivity index is 2.77. The van der Waals surface area contributed by atoms with Gasteiger partial charge in [-0.05, 0) is 31.7 Å². The molecule has 0 aliphatic carbocycles. The molecule has 1 amide bonds. The summed E-state index contributed by atoms with van der Waals surface area (Å²) in [7, 11) is -3.95. The van der Waals surface area contributed by atoms with Gasteiger partial charge in [-0.25, -0.2) is 17.9 Å². The molecule has 118 valence electrons. The Kier molecular flexibility index (Phi) is 5.87. The van der Waals surface area contributed by atoms with Gasteiger partial charge in [0.25, 0.3) is 0 Å². The number of carboxylic acid groups (broad SMARTS) is 1. The van der Waals surface area contributed by atoms with Gasteiger partial charge >= 0.3 is 5.97 Å². The summed E-state index contributed by atoms with van der Waals surface area (Å²) in [6.45, 7) is 5.05. The van der Waals surface area contributed by atoms with Crippen molar-refractivity contribution >= 4 is 33.2 Å². The van der Waals surface area contributed by atoms with E-state index in [0.717, 1.165) is 11.3 Å². The minimum atomic E-state index is -3.95. The minimum Gasteiger partial charge on any atom is -0.477 e. The van der Waals surface area contributed by atoms with Gasteiger partial charge < -0.3 is 10.4 Å². The van der Waals surface area contributed by atoms with Crippen molar-refractivity contribution in [2.75, 3.05) is 6.54 Å². The highest BCUT2D eigenvalue weighted by atomic mass is 32.2. The highest BCUT2D eigenvalue weighted by Crippen LogP contribution is 2.26. The number of aryl methyl sites for hydroxylation is 1. The Hall–Kier alpha value is -1.45. The lowest BCUT2D eigenvalue weighted by molar-refractivity contribution is -0.121. The van der Waals surface area contributed by atoms with E-state index < -0.39 is 16.0 Å². The molecule has 3 N–H and O–H groups in total. The van der Waals surface area contributed by atoms with Gasteiger partial charge in [-0.3, -0.25) is 4.79 Å². The van der Waals surface area contributed by atoms with Crippen LogP contribution >= 0.6 is 11.3 Å². The Morgan fingerprint density at radius 3 is 2.52 bits per heavy atom. The molecule has 0 atom stereocenters. The summed E-state index contributed by atoms with van der Waals surface area (Å²) < 4.78 is 26.5. The van der Waals surface area contributed by atoms with Gasteiger partial charge in [0.15, 0.2) is 0 Å². The standard InChI is InChI=1S/C12H18N2O5S2/c1-7(2)14-9(15)4-5-13-21(18,19)11-8(3)6-20-10(11)12(16)17/h6-7,13H,4-5H2,1-3H3,(H,14,15)(H,16,17). The number of carbonyl (C=O) groups is 2. The zero-order valence-corrected chi connectivity index (χ0v) is 13.6. The molecule has 1 aromatic heterocycles. The van der Waals surface area contributed by atoms with Gasteiger partial charge in [0.2, 0.25) is 15.9 Å². The third kappa shape index (κ3) is 4.80. The summed E-state index contributed by atoms with van der Waals surface area (Å²) in [5.41, 5.74) is 0.372. The first-order chi connectivity index (χ1) is 9.65. The number of thiophene rings is 1. The number of carbonyl (C=O) groups excluding carboxylic acids is 1. The molecule has 0 spiro atoms. The average molecular weight is 334 g/mol. The maximum absolute atomic E-state index is 12.1. The van der Waals surface area contributed by atoms with Gasteiger partial charge in [0, 0.05) is 19.0 Å². The number of rotatable bonds is 7. The van der Waals surface area contributed by atoms with Crippen molar-refractivity contribution in [3.05, 3.63) is 15.8 Å². The molecule has 1 aromatic rings. The Bertz CT molecular complexity index is 634. The van der Waals surface area contributed by atoms with Crippen LogP contribution in [-0.2, 0) is 14.8 Å². The van der Waals surface area contributed by atoms with Crippen molar-refractivity contribution in [1.82, 2.24) is 10.0 Å². The predicted octanol–water partition coefficient (Wildman–Crippen LogP) is 0.948. The molecule has 0 bridgehead atoms. The maximum Gasteiger partial charge on any atom is 0.347 e. The van der Waals surface area contributed by atoms with E-state index in [9.17, 15) is 18.0 Å². The topological polar surface area (TPSA) is 113 Å². The zero-order chi connectivity index (χ0) is 16.2. The Labute approximate surface area is 127 Å². The fourth-order valence-electron chi connectivity index (χ4n) is 1.68. The molecular formula is C12H18N2O5S2. The molecule has 1 rings (SSSR count). The molecule has 0 saturated heterocycles. The van der Waals surface area contributed by atoms with Crippen molar-refractivity contribution in [3.63, 3.8) is 0 Å². The molecule has 0 radical (unpaired) electrons. The number of nitrogens with one attached hydrogen (secondary N) is 2. The summed E-state index contributed by atoms with van der Waals surface area (Å²) in [5, 5.41) is 13.1. The van der Waals surface area contributed by atoms with E-state index in [-0.39, 0.29) is 34.7 Å². The molecular weight excluding hydrogens is 316 g/mol. The van der Waals surface area contributed by atoms with Crippen molar-refractivity contribution in [2.24, 2.45) is 0 Å². The number of hydrogen-bond donors (Lipinski definition) is 3. The van der Waals surface area contributed by atoms with Crippen LogP contribution in [0.25, 0.3) is 0 Å². The van der Waals surface area contributed by atoms with E-state index in [1.165, 1.54) is 12.3 Å².